The molecule has 4 heterocycles. The van der Waals surface area contributed by atoms with Crippen molar-refractivity contribution in [1.82, 2.24) is 8.75 Å². The first kappa shape index (κ1) is 65.1. The number of ether oxygens (including phenoxy) is 10. The van der Waals surface area contributed by atoms with Crippen molar-refractivity contribution in [2.75, 3.05) is 93.5 Å². The summed E-state index contributed by atoms with van der Waals surface area (Å²) in [4.78, 5) is 3.49. The van der Waals surface area contributed by atoms with Gasteiger partial charge in [0.2, 0.25) is 0 Å². The molecule has 86 heavy (non-hydrogen) atoms. The van der Waals surface area contributed by atoms with Gasteiger partial charge in [0, 0.05) is 24.0 Å². The lowest BCUT2D eigenvalue weighted by atomic mass is 9.99. The average Bonchev–Trinajstić information content (AvgIpc) is 1.65. The smallest absolute Gasteiger partial charge is 0.153 e. The number of halogens is 2. The molecule has 2 atom stereocenters. The van der Waals surface area contributed by atoms with Gasteiger partial charge in [-0.2, -0.15) is 17.5 Å². The van der Waals surface area contributed by atoms with Gasteiger partial charge in [-0.15, -0.1) is 22.7 Å². The van der Waals surface area contributed by atoms with Crippen LogP contribution in [0.2, 0.25) is 0 Å². The van der Waals surface area contributed by atoms with Crippen molar-refractivity contribution in [3.63, 3.8) is 0 Å². The first-order valence-electron chi connectivity index (χ1n) is 28.9. The predicted molar refractivity (Wildman–Crippen MR) is 354 cm³/mol. The van der Waals surface area contributed by atoms with Gasteiger partial charge in [-0.25, -0.2) is 0 Å². The van der Waals surface area contributed by atoms with Gasteiger partial charge in [-0.1, -0.05) is 100 Å². The number of alkyl halides is 2. The topological polar surface area (TPSA) is 183 Å². The molecule has 0 spiro atoms. The Morgan fingerprint density at radius 2 is 0.837 bits per heavy atom. The van der Waals surface area contributed by atoms with Gasteiger partial charge in [-0.05, 0) is 116 Å². The summed E-state index contributed by atoms with van der Waals surface area (Å²) in [5.74, 6) is 2.72. The van der Waals surface area contributed by atoms with Crippen LogP contribution in [0.4, 0.5) is 11.4 Å². The Morgan fingerprint density at radius 3 is 1.23 bits per heavy atom. The van der Waals surface area contributed by atoms with Gasteiger partial charge in [0.05, 0.1) is 121 Å². The van der Waals surface area contributed by atoms with Gasteiger partial charge in [0.1, 0.15) is 70.1 Å². The molecular weight excluding hydrogens is 1300 g/mol. The maximum atomic E-state index is 11.2. The Labute approximate surface area is 535 Å². The van der Waals surface area contributed by atoms with Crippen LogP contribution in [0.5, 0.6) is 34.5 Å². The fraction of sp³-hybridized carbons (Fsp3) is 0.406. The van der Waals surface area contributed by atoms with Crippen molar-refractivity contribution in [2.45, 2.75) is 75.2 Å². The zero-order chi connectivity index (χ0) is 60.0. The standard InChI is InChI=1S/C64H72Br2N4O12S4/c1-5-7-9-17-53(65)81-47-15-11-13-45(71)55(47)43-23-19-41(20-24-43)51-39-49(79-37-35-77-33-31-75-29-27-73-3)63(83-51)57-59-61(69-85-67-59)58(62-60(57)68-86-70-62)64-50(80-38-36-78-34-32-76-30-28-74-4)40-52(84-64)42-21-25-44(26-22-42)56-46(72)14-12-16-48(56)82-54(66)18-10-8-6-2/h11-16,19-26,39-40,53-54,71-72H,5-10,17-18,27-38H2,1-4H3. The molecule has 0 aliphatic carbocycles. The molecule has 9 rings (SSSR count). The summed E-state index contributed by atoms with van der Waals surface area (Å²) < 4.78 is 79.5. The molecule has 0 amide bonds. The van der Waals surface area contributed by atoms with Crippen LogP contribution in [0, 0.1) is 0 Å². The summed E-state index contributed by atoms with van der Waals surface area (Å²) in [7, 11) is 3.29. The fourth-order valence-electron chi connectivity index (χ4n) is 9.55. The first-order valence-corrected chi connectivity index (χ1v) is 33.8. The number of hydrogen-bond donors (Lipinski definition) is 2. The number of benzene rings is 5. The Kier molecular flexibility index (Phi) is 25.6. The van der Waals surface area contributed by atoms with Crippen molar-refractivity contribution in [1.29, 1.82) is 0 Å². The molecule has 3 aromatic heterocycles. The second-order valence-corrected chi connectivity index (χ2v) is 25.1. The molecule has 1 aliphatic heterocycles. The average molecular weight is 1380 g/mol. The van der Waals surface area contributed by atoms with Crippen molar-refractivity contribution < 1.29 is 57.6 Å². The van der Waals surface area contributed by atoms with E-state index in [9.17, 15) is 10.2 Å². The number of aromatic hydroxyl groups is 2. The number of methoxy groups -OCH3 is 2. The minimum Gasteiger partial charge on any atom is -0.507 e. The molecular formula is C64H72Br2N4O12S4. The third-order valence-electron chi connectivity index (χ3n) is 13.9. The number of phenols is 2. The summed E-state index contributed by atoms with van der Waals surface area (Å²) in [5.41, 5.74) is 8.86. The summed E-state index contributed by atoms with van der Waals surface area (Å²) in [6.45, 7) is 9.22. The maximum absolute atomic E-state index is 11.2. The molecule has 458 valence electrons. The molecule has 0 fully saturated rings. The Morgan fingerprint density at radius 1 is 0.453 bits per heavy atom. The predicted octanol–water partition coefficient (Wildman–Crippen LogP) is 17.4. The summed E-state index contributed by atoms with van der Waals surface area (Å²) >= 11 is 12.8. The lowest BCUT2D eigenvalue weighted by molar-refractivity contribution is 0.0180. The zero-order valence-electron chi connectivity index (χ0n) is 48.7. The van der Waals surface area contributed by atoms with Crippen LogP contribution in [-0.4, -0.2) is 122 Å². The van der Waals surface area contributed by atoms with Gasteiger partial charge in [0.15, 0.2) is 10.0 Å². The van der Waals surface area contributed by atoms with E-state index in [-0.39, 0.29) is 34.7 Å². The fourth-order valence-corrected chi connectivity index (χ4v) is 14.0. The van der Waals surface area contributed by atoms with E-state index in [0.717, 1.165) is 127 Å². The minimum atomic E-state index is -0.195. The summed E-state index contributed by atoms with van der Waals surface area (Å²) in [6.07, 6.45) is 8.23. The molecule has 1 aliphatic rings. The molecule has 0 radical (unpaired) electrons. The van der Waals surface area contributed by atoms with E-state index in [1.807, 2.05) is 72.8 Å². The highest BCUT2D eigenvalue weighted by Crippen LogP contribution is 2.59. The molecule has 22 heteroatoms. The van der Waals surface area contributed by atoms with Gasteiger partial charge < -0.3 is 57.6 Å². The van der Waals surface area contributed by atoms with Gasteiger partial charge >= 0.3 is 0 Å². The van der Waals surface area contributed by atoms with Crippen molar-refractivity contribution in [2.24, 2.45) is 8.73 Å². The molecule has 2 N–H and O–H groups in total. The maximum Gasteiger partial charge on any atom is 0.153 e. The number of rotatable bonds is 38. The van der Waals surface area contributed by atoms with Crippen LogP contribution in [-0.2, 0) is 39.8 Å². The van der Waals surface area contributed by atoms with Gasteiger partial charge in [0.25, 0.3) is 0 Å². The lowest BCUT2D eigenvalue weighted by Crippen LogP contribution is -2.12. The number of nitrogens with zero attached hydrogens (tertiary/aromatic N) is 4. The van der Waals surface area contributed by atoms with Crippen molar-refractivity contribution >= 4 is 100 Å². The second-order valence-electron chi connectivity index (χ2n) is 19.9. The number of aromatic nitrogens is 2. The van der Waals surface area contributed by atoms with E-state index in [1.165, 1.54) is 0 Å². The number of thiophene rings is 2. The normalized spacial score (nSPS) is 12.6. The SMILES string of the molecule is CCCCCC(Br)Oc1cccc(O)c1-c1ccc(-c2cc(OCCOCCOCCOC)c(-c3c4c(c(-c5sc(-c6ccc(-c7c(O)cccc7OC(Br)CCCCC)cc6)cc5OCCOCCOCCOC)c5nsnc35)N=S=N4)s2)cc1. The number of phenolic OH excluding ortho intramolecular Hbond substituents is 2. The second kappa shape index (κ2) is 33.9. The van der Waals surface area contributed by atoms with Crippen LogP contribution in [0.15, 0.2) is 106 Å². The largest absolute Gasteiger partial charge is 0.507 e. The molecule has 5 aromatic carbocycles. The number of unbranched alkanes of at least 4 members (excludes halogenated alkanes) is 4. The molecule has 0 saturated heterocycles. The Bertz CT molecular complexity index is 3280. The zero-order valence-corrected chi connectivity index (χ0v) is 55.1. The number of hydrogen-bond acceptors (Lipinski definition) is 19. The highest BCUT2D eigenvalue weighted by Gasteiger charge is 2.32. The third kappa shape index (κ3) is 17.1. The van der Waals surface area contributed by atoms with Crippen LogP contribution in [0.1, 0.15) is 65.2 Å². The number of fused-ring (bicyclic) bond motifs is 2. The van der Waals surface area contributed by atoms with Crippen molar-refractivity contribution in [3.05, 3.63) is 97.1 Å². The molecule has 2 unspecified atom stereocenters. The van der Waals surface area contributed by atoms with E-state index in [0.29, 0.717) is 123 Å². The summed E-state index contributed by atoms with van der Waals surface area (Å²) in [5, 5.41) is 22.1. The molecule has 8 aromatic rings. The van der Waals surface area contributed by atoms with Crippen molar-refractivity contribution in [3.8, 4) is 98.5 Å². The Hall–Kier alpha value is -5.34. The summed E-state index contributed by atoms with van der Waals surface area (Å²) in [6, 6.07) is 31.0. The molecule has 0 saturated carbocycles. The van der Waals surface area contributed by atoms with Crippen LogP contribution < -0.4 is 18.9 Å². The van der Waals surface area contributed by atoms with Crippen LogP contribution in [0.3, 0.4) is 0 Å². The quantitative estimate of drug-likeness (QED) is 0.0275. The van der Waals surface area contributed by atoms with E-state index in [2.05, 4.69) is 45.7 Å². The first-order chi connectivity index (χ1) is 42.2. The van der Waals surface area contributed by atoms with Gasteiger partial charge in [-0.3, -0.25) is 0 Å². The third-order valence-corrected chi connectivity index (χ3v) is 18.6. The van der Waals surface area contributed by atoms with E-state index < -0.39 is 0 Å². The van der Waals surface area contributed by atoms with E-state index >= 15 is 0 Å². The lowest BCUT2D eigenvalue weighted by Gasteiger charge is -2.17. The monoisotopic (exact) mass is 1370 g/mol. The van der Waals surface area contributed by atoms with E-state index in [4.69, 9.17) is 64.8 Å². The Balaban J connectivity index is 1.06. The highest BCUT2D eigenvalue weighted by atomic mass is 79.9. The molecule has 16 nitrogen and oxygen atoms in total. The molecule has 0 bridgehead atoms. The van der Waals surface area contributed by atoms with Crippen LogP contribution >= 0.6 is 66.3 Å². The van der Waals surface area contributed by atoms with E-state index in [1.54, 1.807) is 61.2 Å². The highest BCUT2D eigenvalue weighted by molar-refractivity contribution is 9.09. The van der Waals surface area contributed by atoms with Crippen LogP contribution in [0.25, 0.3) is 75.0 Å². The minimum absolute atomic E-state index is 0.134.